The summed E-state index contributed by atoms with van der Waals surface area (Å²) < 4.78 is 54.7. The third-order valence-electron chi connectivity index (χ3n) is 6.57. The number of hydrogen-bond acceptors (Lipinski definition) is 7. The molecule has 4 aromatic rings. The molecule has 1 fully saturated rings. The summed E-state index contributed by atoms with van der Waals surface area (Å²) in [5.41, 5.74) is 4.65. The average molecular weight is 544 g/mol. The summed E-state index contributed by atoms with van der Waals surface area (Å²) in [6.45, 7) is 5.49. The van der Waals surface area contributed by atoms with Gasteiger partial charge < -0.3 is 14.4 Å². The Hall–Kier alpha value is -3.44. The first-order valence-electron chi connectivity index (χ1n) is 12.1. The molecule has 0 bridgehead atoms. The molecule has 0 spiro atoms. The summed E-state index contributed by atoms with van der Waals surface area (Å²) in [6, 6.07) is 13.2. The number of aryl methyl sites for hydroxylation is 2. The number of aromatic nitrogens is 3. The number of benzene rings is 2. The Labute approximate surface area is 223 Å². The molecule has 200 valence electrons. The molecule has 0 saturated carbocycles. The van der Waals surface area contributed by atoms with Gasteiger partial charge in [0.25, 0.3) is 0 Å². The number of imidazole rings is 1. The van der Waals surface area contributed by atoms with Gasteiger partial charge in [-0.15, -0.1) is 0 Å². The second-order valence-corrected chi connectivity index (χ2v) is 10.1. The van der Waals surface area contributed by atoms with Gasteiger partial charge in [-0.25, -0.2) is 9.50 Å². The Kier molecular flexibility index (Phi) is 7.15. The molecule has 1 aliphatic heterocycles. The van der Waals surface area contributed by atoms with Gasteiger partial charge in [0, 0.05) is 29.6 Å². The molecule has 1 N–H and O–H groups in total. The van der Waals surface area contributed by atoms with Crippen molar-refractivity contribution in [3.05, 3.63) is 65.5 Å². The van der Waals surface area contributed by atoms with Crippen molar-refractivity contribution in [3.8, 4) is 22.8 Å². The van der Waals surface area contributed by atoms with Crippen LogP contribution in [0.1, 0.15) is 23.4 Å². The van der Waals surface area contributed by atoms with Crippen LogP contribution in [-0.2, 0) is 6.18 Å². The van der Waals surface area contributed by atoms with Crippen molar-refractivity contribution in [1.29, 1.82) is 0 Å². The molecule has 0 amide bonds. The van der Waals surface area contributed by atoms with Gasteiger partial charge in [-0.1, -0.05) is 0 Å². The predicted octanol–water partition coefficient (Wildman–Crippen LogP) is 5.92. The number of methoxy groups -OCH3 is 2. The van der Waals surface area contributed by atoms with Crippen LogP contribution in [0.5, 0.6) is 11.5 Å². The van der Waals surface area contributed by atoms with E-state index in [2.05, 4.69) is 9.62 Å². The lowest BCUT2D eigenvalue weighted by atomic mass is 10.1. The molecule has 7 nitrogen and oxygen atoms in total. The monoisotopic (exact) mass is 543 g/mol. The number of nitrogens with one attached hydrogen (secondary N) is 1. The lowest BCUT2D eigenvalue weighted by Crippen LogP contribution is -2.28. The van der Waals surface area contributed by atoms with Crippen molar-refractivity contribution in [1.82, 2.24) is 19.3 Å². The van der Waals surface area contributed by atoms with E-state index in [9.17, 15) is 13.2 Å². The number of anilines is 1. The van der Waals surface area contributed by atoms with Crippen LogP contribution in [-0.4, -0.2) is 47.9 Å². The van der Waals surface area contributed by atoms with Crippen LogP contribution in [0.15, 0.2) is 53.4 Å². The van der Waals surface area contributed by atoms with E-state index in [0.29, 0.717) is 11.5 Å². The number of ether oxygens (including phenoxy) is 2. The highest BCUT2D eigenvalue weighted by atomic mass is 32.2. The van der Waals surface area contributed by atoms with Crippen molar-refractivity contribution < 1.29 is 22.6 Å². The Morgan fingerprint density at radius 1 is 1.00 bits per heavy atom. The van der Waals surface area contributed by atoms with Crippen LogP contribution in [0.25, 0.3) is 16.9 Å². The Morgan fingerprint density at radius 2 is 1.74 bits per heavy atom. The van der Waals surface area contributed by atoms with Crippen molar-refractivity contribution in [2.45, 2.75) is 37.4 Å². The van der Waals surface area contributed by atoms with Crippen LogP contribution in [0.4, 0.5) is 18.9 Å². The average Bonchev–Trinajstić information content (AvgIpc) is 3.50. The Bertz CT molecular complexity index is 1460. The fourth-order valence-electron chi connectivity index (χ4n) is 4.72. The minimum atomic E-state index is -4.33. The normalized spacial score (nSPS) is 15.9. The Morgan fingerprint density at radius 3 is 2.42 bits per heavy atom. The van der Waals surface area contributed by atoms with Crippen LogP contribution >= 0.6 is 11.9 Å². The molecule has 38 heavy (non-hydrogen) atoms. The van der Waals surface area contributed by atoms with Gasteiger partial charge in [0.2, 0.25) is 0 Å². The fourth-order valence-corrected chi connectivity index (χ4v) is 5.48. The highest BCUT2D eigenvalue weighted by molar-refractivity contribution is 7.97. The van der Waals surface area contributed by atoms with Gasteiger partial charge >= 0.3 is 6.18 Å². The minimum Gasteiger partial charge on any atom is -0.493 e. The van der Waals surface area contributed by atoms with E-state index in [1.807, 2.05) is 42.6 Å². The van der Waals surface area contributed by atoms with Crippen molar-refractivity contribution in [3.63, 3.8) is 0 Å². The number of hydrogen-bond donors (Lipinski definition) is 1. The lowest BCUT2D eigenvalue weighted by molar-refractivity contribution is -0.137. The standard InChI is InChI=1S/C27H28F3N5O2S/c1-16-13-22(34-12-11-20(15-34)33-38-21-8-6-19(7-9-21)27(28,29)30)26-31-17(2)25(35(26)32-16)18-5-10-23(36-3)24(14-18)37-4/h5-10,13-14,20,33H,11-12,15H2,1-4H3. The SMILES string of the molecule is COc1ccc(-c2c(C)nc3c(N4CCC(NSc5ccc(C(F)(F)F)cc5)C4)cc(C)nn23)cc1OC. The Balaban J connectivity index is 1.36. The molecule has 3 heterocycles. The maximum atomic E-state index is 12.8. The molecule has 1 aliphatic rings. The van der Waals surface area contributed by atoms with E-state index in [4.69, 9.17) is 19.6 Å². The largest absolute Gasteiger partial charge is 0.493 e. The molecular weight excluding hydrogens is 515 g/mol. The lowest BCUT2D eigenvalue weighted by Gasteiger charge is -2.20. The topological polar surface area (TPSA) is 63.9 Å². The maximum Gasteiger partial charge on any atom is 0.416 e. The van der Waals surface area contributed by atoms with E-state index in [1.165, 1.54) is 24.1 Å². The van der Waals surface area contributed by atoms with Gasteiger partial charge in [0.1, 0.15) is 0 Å². The third-order valence-corrected chi connectivity index (χ3v) is 7.53. The molecule has 0 aliphatic carbocycles. The van der Waals surface area contributed by atoms with Crippen LogP contribution in [0, 0.1) is 13.8 Å². The van der Waals surface area contributed by atoms with Crippen LogP contribution in [0.2, 0.25) is 0 Å². The van der Waals surface area contributed by atoms with E-state index >= 15 is 0 Å². The summed E-state index contributed by atoms with van der Waals surface area (Å²) in [4.78, 5) is 7.90. The van der Waals surface area contributed by atoms with Crippen molar-refractivity contribution in [2.24, 2.45) is 0 Å². The highest BCUT2D eigenvalue weighted by Crippen LogP contribution is 2.36. The fraction of sp³-hybridized carbons (Fsp3) is 0.333. The second-order valence-electron chi connectivity index (χ2n) is 9.20. The van der Waals surface area contributed by atoms with Crippen molar-refractivity contribution >= 4 is 23.3 Å². The first-order chi connectivity index (χ1) is 18.2. The predicted molar refractivity (Wildman–Crippen MR) is 142 cm³/mol. The minimum absolute atomic E-state index is 0.164. The first-order valence-corrected chi connectivity index (χ1v) is 12.9. The molecule has 1 saturated heterocycles. The third kappa shape index (κ3) is 5.12. The molecule has 5 rings (SSSR count). The van der Waals surface area contributed by atoms with Crippen molar-refractivity contribution in [2.75, 3.05) is 32.2 Å². The number of nitrogens with zero attached hydrogens (tertiary/aromatic N) is 4. The molecular formula is C27H28F3N5O2S. The number of rotatable bonds is 7. The number of alkyl halides is 3. The van der Waals surface area contributed by atoms with Gasteiger partial charge in [-0.2, -0.15) is 18.3 Å². The zero-order valence-corrected chi connectivity index (χ0v) is 22.3. The van der Waals surface area contributed by atoms with E-state index < -0.39 is 11.7 Å². The number of fused-ring (bicyclic) bond motifs is 1. The van der Waals surface area contributed by atoms with E-state index in [-0.39, 0.29) is 6.04 Å². The summed E-state index contributed by atoms with van der Waals surface area (Å²) in [5.74, 6) is 1.28. The summed E-state index contributed by atoms with van der Waals surface area (Å²) in [5, 5.41) is 4.78. The molecule has 0 radical (unpaired) electrons. The molecule has 11 heteroatoms. The molecule has 2 aromatic carbocycles. The summed E-state index contributed by atoms with van der Waals surface area (Å²) in [7, 11) is 3.21. The van der Waals surface area contributed by atoms with Gasteiger partial charge in [0.05, 0.1) is 42.6 Å². The van der Waals surface area contributed by atoms with Gasteiger partial charge in [-0.3, -0.25) is 4.72 Å². The summed E-state index contributed by atoms with van der Waals surface area (Å²) >= 11 is 1.35. The van der Waals surface area contributed by atoms with Gasteiger partial charge in [-0.05, 0) is 80.7 Å². The smallest absolute Gasteiger partial charge is 0.416 e. The molecule has 2 aromatic heterocycles. The quantitative estimate of drug-likeness (QED) is 0.290. The molecule has 1 atom stereocenters. The van der Waals surface area contributed by atoms with Crippen LogP contribution in [0.3, 0.4) is 0 Å². The molecule has 1 unspecified atom stereocenters. The first kappa shape index (κ1) is 26.2. The second kappa shape index (κ2) is 10.4. The highest BCUT2D eigenvalue weighted by Gasteiger charge is 2.30. The van der Waals surface area contributed by atoms with E-state index in [1.54, 1.807) is 14.2 Å². The van der Waals surface area contributed by atoms with E-state index in [0.717, 1.165) is 70.5 Å². The summed E-state index contributed by atoms with van der Waals surface area (Å²) in [6.07, 6.45) is -3.44. The van der Waals surface area contributed by atoms with Crippen LogP contribution < -0.4 is 19.1 Å². The van der Waals surface area contributed by atoms with Gasteiger partial charge in [0.15, 0.2) is 17.1 Å². The zero-order valence-electron chi connectivity index (χ0n) is 21.5. The maximum absolute atomic E-state index is 12.8. The number of halogens is 3. The zero-order chi connectivity index (χ0) is 27.0.